The van der Waals surface area contributed by atoms with E-state index >= 15 is 0 Å². The number of fused-ring (bicyclic) bond motifs is 1. The Hall–Kier alpha value is -1.58. The Kier molecular flexibility index (Phi) is 3.08. The van der Waals surface area contributed by atoms with Gasteiger partial charge in [0, 0.05) is 6.04 Å². The van der Waals surface area contributed by atoms with Crippen molar-refractivity contribution in [2.45, 2.75) is 13.0 Å². The van der Waals surface area contributed by atoms with Gasteiger partial charge in [-0.15, -0.1) is 0 Å². The topological polar surface area (TPSA) is 47.3 Å². The molecule has 1 atom stereocenters. The average Bonchev–Trinajstić information content (AvgIpc) is 2.36. The molecule has 0 saturated heterocycles. The molecule has 0 aliphatic carbocycles. The fourth-order valence-corrected chi connectivity index (χ4v) is 1.73. The van der Waals surface area contributed by atoms with E-state index in [9.17, 15) is 0 Å². The molecule has 0 aliphatic rings. The molecule has 2 aromatic rings. The van der Waals surface area contributed by atoms with Crippen molar-refractivity contribution in [1.82, 2.24) is 5.43 Å². The van der Waals surface area contributed by atoms with Crippen LogP contribution in [0.25, 0.3) is 10.8 Å². The third-order valence-corrected chi connectivity index (χ3v) is 2.82. The van der Waals surface area contributed by atoms with E-state index in [1.807, 2.05) is 19.1 Å². The Morgan fingerprint density at radius 3 is 2.50 bits per heavy atom. The van der Waals surface area contributed by atoms with Crippen LogP contribution < -0.4 is 16.0 Å². The van der Waals surface area contributed by atoms with Crippen LogP contribution in [0.15, 0.2) is 36.4 Å². The number of methoxy groups -OCH3 is 1. The van der Waals surface area contributed by atoms with Gasteiger partial charge in [-0.3, -0.25) is 11.3 Å². The highest BCUT2D eigenvalue weighted by molar-refractivity contribution is 5.84. The van der Waals surface area contributed by atoms with Gasteiger partial charge in [0.15, 0.2) is 0 Å². The van der Waals surface area contributed by atoms with E-state index in [-0.39, 0.29) is 6.04 Å². The quantitative estimate of drug-likeness (QED) is 0.611. The maximum atomic E-state index is 5.42. The number of hydrazine groups is 1. The highest BCUT2D eigenvalue weighted by Crippen LogP contribution is 2.23. The Morgan fingerprint density at radius 1 is 1.12 bits per heavy atom. The lowest BCUT2D eigenvalue weighted by Gasteiger charge is -2.11. The molecule has 0 radical (unpaired) electrons. The zero-order valence-corrected chi connectivity index (χ0v) is 9.53. The van der Waals surface area contributed by atoms with Crippen LogP contribution in [0.3, 0.4) is 0 Å². The van der Waals surface area contributed by atoms with E-state index in [4.69, 9.17) is 10.6 Å². The first-order valence-corrected chi connectivity index (χ1v) is 5.28. The summed E-state index contributed by atoms with van der Waals surface area (Å²) in [5, 5.41) is 2.37. The van der Waals surface area contributed by atoms with Crippen molar-refractivity contribution in [2.75, 3.05) is 7.11 Å². The summed E-state index contributed by atoms with van der Waals surface area (Å²) in [5.41, 5.74) is 3.92. The molecule has 0 amide bonds. The molecule has 0 heterocycles. The summed E-state index contributed by atoms with van der Waals surface area (Å²) >= 11 is 0. The number of hydrogen-bond donors (Lipinski definition) is 2. The number of nitrogens with two attached hydrogens (primary N) is 1. The van der Waals surface area contributed by atoms with Crippen LogP contribution in [0.4, 0.5) is 0 Å². The molecular weight excluding hydrogens is 200 g/mol. The first kappa shape index (κ1) is 10.9. The first-order valence-electron chi connectivity index (χ1n) is 5.28. The fourth-order valence-electron chi connectivity index (χ4n) is 1.73. The van der Waals surface area contributed by atoms with Gasteiger partial charge in [0.1, 0.15) is 5.75 Å². The maximum Gasteiger partial charge on any atom is 0.119 e. The van der Waals surface area contributed by atoms with Crippen molar-refractivity contribution < 1.29 is 4.74 Å². The molecule has 0 aliphatic heterocycles. The van der Waals surface area contributed by atoms with Crippen LogP contribution in [0.5, 0.6) is 5.75 Å². The second-order valence-electron chi connectivity index (χ2n) is 3.86. The summed E-state index contributed by atoms with van der Waals surface area (Å²) in [4.78, 5) is 0. The molecule has 0 aromatic heterocycles. The van der Waals surface area contributed by atoms with Crippen molar-refractivity contribution >= 4 is 10.8 Å². The van der Waals surface area contributed by atoms with Crippen LogP contribution in [-0.2, 0) is 0 Å². The minimum atomic E-state index is 0.159. The number of ether oxygens (including phenoxy) is 1. The van der Waals surface area contributed by atoms with Gasteiger partial charge in [0.25, 0.3) is 0 Å². The predicted octanol–water partition coefficient (Wildman–Crippen LogP) is 2.37. The van der Waals surface area contributed by atoms with Crippen molar-refractivity contribution in [3.05, 3.63) is 42.0 Å². The van der Waals surface area contributed by atoms with E-state index in [0.29, 0.717) is 0 Å². The smallest absolute Gasteiger partial charge is 0.119 e. The third kappa shape index (κ3) is 2.01. The standard InChI is InChI=1S/C13H16N2O/c1-9(15-14)10-3-4-12-8-13(16-2)6-5-11(12)7-10/h3-9,15H,14H2,1-2H3/t9-/m0/s1. The van der Waals surface area contributed by atoms with Gasteiger partial charge in [0.05, 0.1) is 7.11 Å². The minimum absolute atomic E-state index is 0.159. The average molecular weight is 216 g/mol. The number of hydrogen-bond acceptors (Lipinski definition) is 3. The van der Waals surface area contributed by atoms with Crippen molar-refractivity contribution in [1.29, 1.82) is 0 Å². The summed E-state index contributed by atoms with van der Waals surface area (Å²) in [6.45, 7) is 2.03. The molecular formula is C13H16N2O. The number of nitrogens with one attached hydrogen (secondary N) is 1. The molecule has 3 heteroatoms. The van der Waals surface area contributed by atoms with Gasteiger partial charge >= 0.3 is 0 Å². The summed E-state index contributed by atoms with van der Waals surface area (Å²) in [7, 11) is 1.68. The molecule has 3 N–H and O–H groups in total. The van der Waals surface area contributed by atoms with E-state index in [2.05, 4.69) is 29.7 Å². The van der Waals surface area contributed by atoms with E-state index in [1.54, 1.807) is 7.11 Å². The maximum absolute atomic E-state index is 5.42. The molecule has 16 heavy (non-hydrogen) atoms. The highest BCUT2D eigenvalue weighted by Gasteiger charge is 2.04. The largest absolute Gasteiger partial charge is 0.497 e. The zero-order valence-electron chi connectivity index (χ0n) is 9.53. The second kappa shape index (κ2) is 4.51. The van der Waals surface area contributed by atoms with Crippen LogP contribution in [-0.4, -0.2) is 7.11 Å². The van der Waals surface area contributed by atoms with Crippen molar-refractivity contribution in [3.63, 3.8) is 0 Å². The Labute approximate surface area is 95.2 Å². The van der Waals surface area contributed by atoms with Crippen molar-refractivity contribution in [2.24, 2.45) is 5.84 Å². The van der Waals surface area contributed by atoms with Gasteiger partial charge in [-0.05, 0) is 41.5 Å². The normalized spacial score (nSPS) is 12.7. The third-order valence-electron chi connectivity index (χ3n) is 2.82. The van der Waals surface area contributed by atoms with E-state index < -0.39 is 0 Å². The first-order chi connectivity index (χ1) is 7.74. The van der Waals surface area contributed by atoms with Crippen LogP contribution in [0, 0.1) is 0 Å². The second-order valence-corrected chi connectivity index (χ2v) is 3.86. The summed E-state index contributed by atoms with van der Waals surface area (Å²) < 4.78 is 5.19. The Bertz CT molecular complexity index is 496. The highest BCUT2D eigenvalue weighted by atomic mass is 16.5. The zero-order chi connectivity index (χ0) is 11.5. The monoisotopic (exact) mass is 216 g/mol. The summed E-state index contributed by atoms with van der Waals surface area (Å²) in [6.07, 6.45) is 0. The van der Waals surface area contributed by atoms with E-state index in [0.717, 1.165) is 5.75 Å². The molecule has 0 saturated carbocycles. The van der Waals surface area contributed by atoms with Gasteiger partial charge < -0.3 is 4.74 Å². The SMILES string of the molecule is COc1ccc2cc([C@H](C)NN)ccc2c1. The lowest BCUT2D eigenvalue weighted by Crippen LogP contribution is -2.25. The van der Waals surface area contributed by atoms with Crippen molar-refractivity contribution in [3.8, 4) is 5.75 Å². The van der Waals surface area contributed by atoms with Crippen LogP contribution in [0.1, 0.15) is 18.5 Å². The van der Waals surface area contributed by atoms with Gasteiger partial charge in [-0.25, -0.2) is 0 Å². The molecule has 0 bridgehead atoms. The van der Waals surface area contributed by atoms with Gasteiger partial charge in [0.2, 0.25) is 0 Å². The molecule has 2 aromatic carbocycles. The number of rotatable bonds is 3. The summed E-state index contributed by atoms with van der Waals surface area (Å²) in [6, 6.07) is 12.5. The number of benzene rings is 2. The van der Waals surface area contributed by atoms with Gasteiger partial charge in [-0.1, -0.05) is 18.2 Å². The Morgan fingerprint density at radius 2 is 1.81 bits per heavy atom. The molecule has 0 spiro atoms. The molecule has 2 rings (SSSR count). The van der Waals surface area contributed by atoms with Crippen LogP contribution >= 0.6 is 0 Å². The molecule has 84 valence electrons. The van der Waals surface area contributed by atoms with Gasteiger partial charge in [-0.2, -0.15) is 0 Å². The van der Waals surface area contributed by atoms with Crippen LogP contribution in [0.2, 0.25) is 0 Å². The summed E-state index contributed by atoms with van der Waals surface area (Å²) in [5.74, 6) is 6.30. The Balaban J connectivity index is 2.47. The molecule has 0 fully saturated rings. The molecule has 0 unspecified atom stereocenters. The lowest BCUT2D eigenvalue weighted by atomic mass is 10.0. The lowest BCUT2D eigenvalue weighted by molar-refractivity contribution is 0.415. The fraction of sp³-hybridized carbons (Fsp3) is 0.231. The van der Waals surface area contributed by atoms with E-state index in [1.165, 1.54) is 16.3 Å². The predicted molar refractivity (Wildman–Crippen MR) is 66.2 cm³/mol. The minimum Gasteiger partial charge on any atom is -0.497 e. The molecule has 3 nitrogen and oxygen atoms in total.